The Morgan fingerprint density at radius 2 is 2.00 bits per heavy atom. The molecule has 140 valence electrons. The molecule has 0 aliphatic carbocycles. The Labute approximate surface area is 158 Å². The molecule has 0 unspecified atom stereocenters. The number of nitrogens with zero attached hydrogens (tertiary/aromatic N) is 3. The smallest absolute Gasteiger partial charge is 0.257 e. The average molecular weight is 364 g/mol. The largest absolute Gasteiger partial charge is 0.379 e. The first-order chi connectivity index (χ1) is 13.2. The van der Waals surface area contributed by atoms with E-state index in [4.69, 9.17) is 4.74 Å². The summed E-state index contributed by atoms with van der Waals surface area (Å²) >= 11 is 0. The van der Waals surface area contributed by atoms with Crippen LogP contribution in [0, 0.1) is 6.92 Å². The SMILES string of the molecule is Cc1ccc(C(=O)Nc2ccc3c(ccn3CCN3CCOCC3)c2)cn1. The molecule has 3 aromatic rings. The summed E-state index contributed by atoms with van der Waals surface area (Å²) in [5.74, 6) is -0.145. The number of morpholine rings is 1. The van der Waals surface area contributed by atoms with Crippen LogP contribution in [0.5, 0.6) is 0 Å². The summed E-state index contributed by atoms with van der Waals surface area (Å²) in [5.41, 5.74) is 3.42. The third kappa shape index (κ3) is 4.18. The van der Waals surface area contributed by atoms with Crippen LogP contribution in [0.1, 0.15) is 16.1 Å². The number of hydrogen-bond donors (Lipinski definition) is 1. The number of rotatable bonds is 5. The maximum absolute atomic E-state index is 12.4. The minimum Gasteiger partial charge on any atom is -0.379 e. The first kappa shape index (κ1) is 17.7. The third-order valence-corrected chi connectivity index (χ3v) is 4.96. The van der Waals surface area contributed by atoms with Crippen molar-refractivity contribution in [1.29, 1.82) is 0 Å². The third-order valence-electron chi connectivity index (χ3n) is 4.96. The van der Waals surface area contributed by atoms with E-state index in [1.54, 1.807) is 12.3 Å². The molecule has 0 atom stereocenters. The molecule has 1 saturated heterocycles. The lowest BCUT2D eigenvalue weighted by molar-refractivity contribution is 0.0365. The van der Waals surface area contributed by atoms with Crippen LogP contribution in [0.4, 0.5) is 5.69 Å². The summed E-state index contributed by atoms with van der Waals surface area (Å²) in [6.07, 6.45) is 3.71. The second-order valence-corrected chi connectivity index (χ2v) is 6.88. The van der Waals surface area contributed by atoms with Crippen LogP contribution in [-0.4, -0.2) is 53.2 Å². The van der Waals surface area contributed by atoms with Gasteiger partial charge in [-0.1, -0.05) is 0 Å². The van der Waals surface area contributed by atoms with Crippen molar-refractivity contribution in [2.75, 3.05) is 38.2 Å². The summed E-state index contributed by atoms with van der Waals surface area (Å²) in [7, 11) is 0. The van der Waals surface area contributed by atoms with E-state index in [-0.39, 0.29) is 5.91 Å². The van der Waals surface area contributed by atoms with Gasteiger partial charge < -0.3 is 14.6 Å². The van der Waals surface area contributed by atoms with Crippen LogP contribution in [-0.2, 0) is 11.3 Å². The molecule has 1 aliphatic heterocycles. The molecular formula is C21H24N4O2. The van der Waals surface area contributed by atoms with E-state index in [9.17, 15) is 4.79 Å². The van der Waals surface area contributed by atoms with E-state index >= 15 is 0 Å². The topological polar surface area (TPSA) is 59.4 Å². The van der Waals surface area contributed by atoms with Gasteiger partial charge in [-0.25, -0.2) is 0 Å². The van der Waals surface area contributed by atoms with E-state index in [0.29, 0.717) is 5.56 Å². The van der Waals surface area contributed by atoms with Crippen molar-refractivity contribution in [3.63, 3.8) is 0 Å². The van der Waals surface area contributed by atoms with Crippen molar-refractivity contribution in [2.24, 2.45) is 0 Å². The maximum atomic E-state index is 12.4. The number of benzene rings is 1. The van der Waals surface area contributed by atoms with Crippen LogP contribution in [0.25, 0.3) is 10.9 Å². The zero-order valence-electron chi connectivity index (χ0n) is 15.5. The van der Waals surface area contributed by atoms with Crippen molar-refractivity contribution in [2.45, 2.75) is 13.5 Å². The number of carbonyl (C=O) groups is 1. The number of aryl methyl sites for hydroxylation is 1. The Morgan fingerprint density at radius 3 is 2.78 bits per heavy atom. The molecule has 1 aliphatic rings. The fourth-order valence-electron chi connectivity index (χ4n) is 3.35. The molecular weight excluding hydrogens is 340 g/mol. The van der Waals surface area contributed by atoms with Crippen LogP contribution >= 0.6 is 0 Å². The fourth-order valence-corrected chi connectivity index (χ4v) is 3.35. The molecule has 4 rings (SSSR count). The zero-order chi connectivity index (χ0) is 18.6. The number of nitrogens with one attached hydrogen (secondary N) is 1. The number of aromatic nitrogens is 2. The summed E-state index contributed by atoms with van der Waals surface area (Å²) < 4.78 is 7.67. The van der Waals surface area contributed by atoms with E-state index in [0.717, 1.165) is 56.2 Å². The van der Waals surface area contributed by atoms with Crippen LogP contribution in [0.2, 0.25) is 0 Å². The van der Waals surface area contributed by atoms with Crippen molar-refractivity contribution in [3.8, 4) is 0 Å². The van der Waals surface area contributed by atoms with Gasteiger partial charge in [-0.15, -0.1) is 0 Å². The van der Waals surface area contributed by atoms with E-state index in [1.165, 1.54) is 5.52 Å². The van der Waals surface area contributed by atoms with Crippen LogP contribution in [0.15, 0.2) is 48.8 Å². The van der Waals surface area contributed by atoms with Gasteiger partial charge in [-0.3, -0.25) is 14.7 Å². The minimum absolute atomic E-state index is 0.145. The predicted molar refractivity (Wildman–Crippen MR) is 106 cm³/mol. The Kier molecular flexibility index (Phi) is 5.18. The normalized spacial score (nSPS) is 15.1. The molecule has 0 radical (unpaired) electrons. The quantitative estimate of drug-likeness (QED) is 0.756. The van der Waals surface area contributed by atoms with Gasteiger partial charge in [0.2, 0.25) is 0 Å². The van der Waals surface area contributed by atoms with Gasteiger partial charge in [0.05, 0.1) is 18.8 Å². The number of pyridine rings is 1. The molecule has 1 N–H and O–H groups in total. The average Bonchev–Trinajstić information content (AvgIpc) is 3.10. The number of amides is 1. The van der Waals surface area contributed by atoms with Gasteiger partial charge in [0.1, 0.15) is 0 Å². The summed E-state index contributed by atoms with van der Waals surface area (Å²) in [6.45, 7) is 7.53. The summed E-state index contributed by atoms with van der Waals surface area (Å²) in [4.78, 5) is 19.0. The van der Waals surface area contributed by atoms with Gasteiger partial charge in [-0.05, 0) is 43.3 Å². The molecule has 0 bridgehead atoms. The highest BCUT2D eigenvalue weighted by atomic mass is 16.5. The van der Waals surface area contributed by atoms with Crippen molar-refractivity contribution in [1.82, 2.24) is 14.5 Å². The molecule has 6 heteroatoms. The van der Waals surface area contributed by atoms with Crippen molar-refractivity contribution >= 4 is 22.5 Å². The second kappa shape index (κ2) is 7.90. The van der Waals surface area contributed by atoms with E-state index in [1.807, 2.05) is 25.1 Å². The Morgan fingerprint density at radius 1 is 1.15 bits per heavy atom. The highest BCUT2D eigenvalue weighted by Crippen LogP contribution is 2.21. The van der Waals surface area contributed by atoms with Gasteiger partial charge in [-0.2, -0.15) is 0 Å². The minimum atomic E-state index is -0.145. The molecule has 1 fully saturated rings. The van der Waals surface area contributed by atoms with E-state index in [2.05, 4.69) is 38.1 Å². The summed E-state index contributed by atoms with van der Waals surface area (Å²) in [5, 5.41) is 4.07. The van der Waals surface area contributed by atoms with Crippen molar-refractivity contribution in [3.05, 3.63) is 60.0 Å². The summed E-state index contributed by atoms with van der Waals surface area (Å²) in [6, 6.07) is 11.8. The number of anilines is 1. The van der Waals surface area contributed by atoms with Gasteiger partial charge in [0.15, 0.2) is 0 Å². The molecule has 3 heterocycles. The number of carbonyl (C=O) groups excluding carboxylic acids is 1. The number of hydrogen-bond acceptors (Lipinski definition) is 4. The van der Waals surface area contributed by atoms with Crippen molar-refractivity contribution < 1.29 is 9.53 Å². The number of ether oxygens (including phenoxy) is 1. The van der Waals surface area contributed by atoms with E-state index < -0.39 is 0 Å². The molecule has 6 nitrogen and oxygen atoms in total. The zero-order valence-corrected chi connectivity index (χ0v) is 15.5. The first-order valence-corrected chi connectivity index (χ1v) is 9.32. The Bertz CT molecular complexity index is 927. The van der Waals surface area contributed by atoms with Gasteiger partial charge in [0.25, 0.3) is 5.91 Å². The lowest BCUT2D eigenvalue weighted by Crippen LogP contribution is -2.38. The van der Waals surface area contributed by atoms with Gasteiger partial charge >= 0.3 is 0 Å². The first-order valence-electron chi connectivity index (χ1n) is 9.32. The molecule has 0 saturated carbocycles. The monoisotopic (exact) mass is 364 g/mol. The lowest BCUT2D eigenvalue weighted by Gasteiger charge is -2.26. The number of fused-ring (bicyclic) bond motifs is 1. The highest BCUT2D eigenvalue weighted by molar-refractivity contribution is 6.04. The maximum Gasteiger partial charge on any atom is 0.257 e. The molecule has 1 aromatic carbocycles. The molecule has 2 aromatic heterocycles. The Balaban J connectivity index is 1.43. The second-order valence-electron chi connectivity index (χ2n) is 6.88. The van der Waals surface area contributed by atoms with Gasteiger partial charge in [0, 0.05) is 60.9 Å². The Hall–Kier alpha value is -2.70. The predicted octanol–water partition coefficient (Wildman–Crippen LogP) is 2.93. The lowest BCUT2D eigenvalue weighted by atomic mass is 10.2. The molecule has 1 amide bonds. The van der Waals surface area contributed by atoms with Crippen LogP contribution < -0.4 is 5.32 Å². The van der Waals surface area contributed by atoms with Crippen LogP contribution in [0.3, 0.4) is 0 Å². The molecule has 0 spiro atoms. The standard InChI is InChI=1S/C21H24N4O2/c1-16-2-3-18(15-22-16)21(26)23-19-4-5-20-17(14-19)6-7-25(20)9-8-24-10-12-27-13-11-24/h2-7,14-15H,8-13H2,1H3,(H,23,26). The fraction of sp³-hybridized carbons (Fsp3) is 0.333. The molecule has 27 heavy (non-hydrogen) atoms. The highest BCUT2D eigenvalue weighted by Gasteiger charge is 2.11.